The molecule has 0 aliphatic carbocycles. The van der Waals surface area contributed by atoms with Gasteiger partial charge in [0, 0.05) is 5.56 Å². The average molecular weight is 429 g/mol. The van der Waals surface area contributed by atoms with Crippen LogP contribution in [0.3, 0.4) is 0 Å². The minimum Gasteiger partial charge on any atom is -0.533 e. The number of hydrogen-bond donors (Lipinski definition) is 1. The Labute approximate surface area is 178 Å². The second-order valence-electron chi connectivity index (χ2n) is 8.21. The summed E-state index contributed by atoms with van der Waals surface area (Å²) in [6, 6.07) is 23.2. The Hall–Kier alpha value is -2.14. The first-order valence-corrected chi connectivity index (χ1v) is 11.9. The van der Waals surface area contributed by atoms with E-state index < -0.39 is 20.2 Å². The largest absolute Gasteiger partial charge is 0.533 e. The van der Waals surface area contributed by atoms with Crippen LogP contribution in [0.15, 0.2) is 72.8 Å². The SMILES string of the molecule is CC(O)c1c(F)ccc(O[Si](c2ccccc2)(c2ccccc2)C(C)(C)C)c1Cl. The molecule has 0 aliphatic heterocycles. The number of benzene rings is 3. The molecular weight excluding hydrogens is 403 g/mol. The van der Waals surface area contributed by atoms with Gasteiger partial charge >= 0.3 is 8.32 Å². The van der Waals surface area contributed by atoms with Crippen molar-refractivity contribution in [3.05, 3.63) is 89.2 Å². The van der Waals surface area contributed by atoms with Crippen LogP contribution in [-0.4, -0.2) is 13.4 Å². The van der Waals surface area contributed by atoms with Crippen molar-refractivity contribution in [1.82, 2.24) is 0 Å². The molecular formula is C24H26ClFO2Si. The summed E-state index contributed by atoms with van der Waals surface area (Å²) in [5, 5.41) is 12.1. The van der Waals surface area contributed by atoms with E-state index in [1.165, 1.54) is 13.0 Å². The van der Waals surface area contributed by atoms with Crippen LogP contribution in [0.5, 0.6) is 5.75 Å². The topological polar surface area (TPSA) is 29.5 Å². The predicted octanol–water partition coefficient (Wildman–Crippen LogP) is 5.47. The maximum Gasteiger partial charge on any atom is 0.320 e. The number of rotatable bonds is 5. The molecule has 152 valence electrons. The number of halogens is 2. The Bertz CT molecular complexity index is 930. The molecule has 0 radical (unpaired) electrons. The highest BCUT2D eigenvalue weighted by Crippen LogP contribution is 2.41. The van der Waals surface area contributed by atoms with Crippen LogP contribution < -0.4 is 14.8 Å². The molecule has 2 nitrogen and oxygen atoms in total. The van der Waals surface area contributed by atoms with Gasteiger partial charge in [0.05, 0.1) is 11.1 Å². The number of aliphatic hydroxyl groups excluding tert-OH is 1. The zero-order valence-electron chi connectivity index (χ0n) is 17.1. The second-order valence-corrected chi connectivity index (χ2v) is 12.8. The fourth-order valence-corrected chi connectivity index (χ4v) is 8.67. The van der Waals surface area contributed by atoms with E-state index in [4.69, 9.17) is 16.0 Å². The second kappa shape index (κ2) is 8.31. The molecule has 0 aromatic heterocycles. The Morgan fingerprint density at radius 1 is 0.897 bits per heavy atom. The van der Waals surface area contributed by atoms with Crippen molar-refractivity contribution in [3.63, 3.8) is 0 Å². The summed E-state index contributed by atoms with van der Waals surface area (Å²) in [6.45, 7) is 7.97. The lowest BCUT2D eigenvalue weighted by Crippen LogP contribution is -2.68. The van der Waals surface area contributed by atoms with Gasteiger partial charge in [0.2, 0.25) is 0 Å². The van der Waals surface area contributed by atoms with Crippen molar-refractivity contribution < 1.29 is 13.9 Å². The van der Waals surface area contributed by atoms with Crippen molar-refractivity contribution in [2.24, 2.45) is 0 Å². The monoisotopic (exact) mass is 428 g/mol. The number of hydrogen-bond acceptors (Lipinski definition) is 2. The lowest BCUT2D eigenvalue weighted by Gasteiger charge is -2.43. The third-order valence-electron chi connectivity index (χ3n) is 5.19. The molecule has 1 N–H and O–H groups in total. The van der Waals surface area contributed by atoms with Crippen LogP contribution in [0.4, 0.5) is 4.39 Å². The predicted molar refractivity (Wildman–Crippen MR) is 120 cm³/mol. The van der Waals surface area contributed by atoms with E-state index in [2.05, 4.69) is 45.0 Å². The molecule has 0 heterocycles. The molecule has 0 spiro atoms. The Balaban J connectivity index is 2.30. The molecule has 1 atom stereocenters. The fourth-order valence-electron chi connectivity index (χ4n) is 3.83. The quantitative estimate of drug-likeness (QED) is 0.546. The van der Waals surface area contributed by atoms with Gasteiger partial charge < -0.3 is 9.53 Å². The molecule has 29 heavy (non-hydrogen) atoms. The lowest BCUT2D eigenvalue weighted by atomic mass is 10.1. The van der Waals surface area contributed by atoms with Crippen LogP contribution in [0, 0.1) is 5.82 Å². The van der Waals surface area contributed by atoms with Gasteiger partial charge in [-0.25, -0.2) is 4.39 Å². The van der Waals surface area contributed by atoms with E-state index in [1.807, 2.05) is 36.4 Å². The molecule has 0 aliphatic rings. The maximum absolute atomic E-state index is 14.3. The van der Waals surface area contributed by atoms with Crippen LogP contribution in [0.25, 0.3) is 0 Å². The highest BCUT2D eigenvalue weighted by Gasteiger charge is 2.52. The molecule has 5 heteroatoms. The van der Waals surface area contributed by atoms with Crippen molar-refractivity contribution in [2.45, 2.75) is 38.8 Å². The summed E-state index contributed by atoms with van der Waals surface area (Å²) < 4.78 is 21.1. The van der Waals surface area contributed by atoms with Crippen LogP contribution >= 0.6 is 11.6 Å². The van der Waals surface area contributed by atoms with Gasteiger partial charge in [0.25, 0.3) is 0 Å². The molecule has 3 rings (SSSR count). The van der Waals surface area contributed by atoms with Gasteiger partial charge in [-0.1, -0.05) is 93.0 Å². The standard InChI is InChI=1S/C24H26ClFO2Si/c1-17(27)22-20(26)15-16-21(23(22)25)28-29(24(2,3)4,18-11-7-5-8-12-18)19-13-9-6-10-14-19/h5-17,27H,1-4H3. The first kappa shape index (κ1) is 21.6. The summed E-state index contributed by atoms with van der Waals surface area (Å²) in [7, 11) is -2.89. The van der Waals surface area contributed by atoms with Gasteiger partial charge in [0.15, 0.2) is 0 Å². The van der Waals surface area contributed by atoms with Crippen molar-refractivity contribution in [1.29, 1.82) is 0 Å². The molecule has 3 aromatic rings. The zero-order chi connectivity index (χ0) is 21.2. The molecule has 0 fully saturated rings. The Kier molecular flexibility index (Phi) is 6.18. The van der Waals surface area contributed by atoms with Crippen molar-refractivity contribution in [3.8, 4) is 5.75 Å². The molecule has 0 saturated heterocycles. The van der Waals surface area contributed by atoms with E-state index >= 15 is 0 Å². The molecule has 0 bridgehead atoms. The fraction of sp³-hybridized carbons (Fsp3) is 0.250. The highest BCUT2D eigenvalue weighted by molar-refractivity contribution is 7.00. The molecule has 0 saturated carbocycles. The molecule has 3 aromatic carbocycles. The normalized spacial score (nSPS) is 13.2. The lowest BCUT2D eigenvalue weighted by molar-refractivity contribution is 0.194. The zero-order valence-corrected chi connectivity index (χ0v) is 18.9. The highest BCUT2D eigenvalue weighted by atomic mass is 35.5. The van der Waals surface area contributed by atoms with E-state index in [9.17, 15) is 9.50 Å². The molecule has 0 amide bonds. The number of aliphatic hydroxyl groups is 1. The summed E-state index contributed by atoms with van der Waals surface area (Å²) in [5.74, 6) is -0.155. The Morgan fingerprint density at radius 3 is 1.79 bits per heavy atom. The summed E-state index contributed by atoms with van der Waals surface area (Å²) in [4.78, 5) is 0. The van der Waals surface area contributed by atoms with Gasteiger partial charge in [0.1, 0.15) is 11.6 Å². The van der Waals surface area contributed by atoms with E-state index in [0.717, 1.165) is 10.4 Å². The average Bonchev–Trinajstić information content (AvgIpc) is 2.68. The van der Waals surface area contributed by atoms with Crippen molar-refractivity contribution in [2.75, 3.05) is 0 Å². The van der Waals surface area contributed by atoms with E-state index in [1.54, 1.807) is 6.07 Å². The van der Waals surface area contributed by atoms with Gasteiger partial charge in [-0.2, -0.15) is 0 Å². The minimum atomic E-state index is -2.89. The summed E-state index contributed by atoms with van der Waals surface area (Å²) >= 11 is 6.54. The van der Waals surface area contributed by atoms with Crippen LogP contribution in [0.2, 0.25) is 10.1 Å². The Morgan fingerprint density at radius 2 is 1.38 bits per heavy atom. The third-order valence-corrected chi connectivity index (χ3v) is 10.5. The van der Waals surface area contributed by atoms with Gasteiger partial charge in [-0.3, -0.25) is 0 Å². The van der Waals surface area contributed by atoms with Crippen LogP contribution in [0.1, 0.15) is 39.4 Å². The third kappa shape index (κ3) is 3.97. The van der Waals surface area contributed by atoms with E-state index in [0.29, 0.717) is 5.75 Å². The molecule has 1 unspecified atom stereocenters. The summed E-state index contributed by atoms with van der Waals surface area (Å²) in [5.41, 5.74) is 0.0575. The minimum absolute atomic E-state index is 0.0575. The van der Waals surface area contributed by atoms with Gasteiger partial charge in [-0.05, 0) is 34.5 Å². The van der Waals surface area contributed by atoms with Crippen molar-refractivity contribution >= 4 is 30.3 Å². The smallest absolute Gasteiger partial charge is 0.320 e. The first-order chi connectivity index (χ1) is 13.7. The van der Waals surface area contributed by atoms with Gasteiger partial charge in [-0.15, -0.1) is 0 Å². The van der Waals surface area contributed by atoms with Crippen LogP contribution in [-0.2, 0) is 0 Å². The summed E-state index contributed by atoms with van der Waals surface area (Å²) in [6.07, 6.45) is -1.04. The van der Waals surface area contributed by atoms with E-state index in [-0.39, 0.29) is 15.6 Å². The first-order valence-electron chi connectivity index (χ1n) is 9.64. The maximum atomic E-state index is 14.3.